The summed E-state index contributed by atoms with van der Waals surface area (Å²) >= 11 is 1.22. The van der Waals surface area contributed by atoms with E-state index in [1.54, 1.807) is 6.26 Å². The molecule has 106 valence electrons. The molecule has 0 saturated heterocycles. The van der Waals surface area contributed by atoms with Gasteiger partial charge < -0.3 is 10.4 Å². The Morgan fingerprint density at radius 2 is 1.89 bits per heavy atom. The van der Waals surface area contributed by atoms with Crippen molar-refractivity contribution in [1.82, 2.24) is 5.32 Å². The Balaban J connectivity index is 1.84. The van der Waals surface area contributed by atoms with Crippen molar-refractivity contribution in [3.63, 3.8) is 0 Å². The summed E-state index contributed by atoms with van der Waals surface area (Å²) in [6.07, 6.45) is 8.37. The van der Waals surface area contributed by atoms with Crippen molar-refractivity contribution in [2.75, 3.05) is 6.26 Å². The Morgan fingerprint density at radius 3 is 2.42 bits per heavy atom. The van der Waals surface area contributed by atoms with E-state index in [-0.39, 0.29) is 22.6 Å². The van der Waals surface area contributed by atoms with Crippen molar-refractivity contribution in [1.29, 1.82) is 0 Å². The van der Waals surface area contributed by atoms with Gasteiger partial charge in [-0.1, -0.05) is 11.8 Å². The fraction of sp³-hybridized carbons (Fsp3) is 0.857. The van der Waals surface area contributed by atoms with Crippen LogP contribution in [0.3, 0.4) is 0 Å². The molecule has 2 N–H and O–H groups in total. The Bertz CT molecular complexity index is 409. The number of amides is 1. The highest BCUT2D eigenvalue weighted by molar-refractivity contribution is 8.12. The van der Waals surface area contributed by atoms with Gasteiger partial charge in [0.1, 0.15) is 0 Å². The maximum Gasteiger partial charge on any atom is 0.303 e. The number of carbonyl (C=O) groups is 2. The monoisotopic (exact) mass is 283 g/mol. The first-order valence-corrected chi connectivity index (χ1v) is 8.25. The predicted molar refractivity (Wildman–Crippen MR) is 74.1 cm³/mol. The molecule has 5 heteroatoms. The first-order chi connectivity index (χ1) is 8.94. The number of nitrogens with one attached hydrogen (secondary N) is 1. The average molecular weight is 283 g/mol. The first kappa shape index (κ1) is 13.3. The van der Waals surface area contributed by atoms with Gasteiger partial charge in [0.05, 0.1) is 6.42 Å². The maximum absolute atomic E-state index is 11.8. The molecule has 4 rings (SSSR count). The molecule has 0 aromatic carbocycles. The Morgan fingerprint density at radius 1 is 1.26 bits per heavy atom. The zero-order chi connectivity index (χ0) is 13.7. The summed E-state index contributed by atoms with van der Waals surface area (Å²) in [6, 6.07) is 0. The lowest BCUT2D eigenvalue weighted by Gasteiger charge is -2.62. The summed E-state index contributed by atoms with van der Waals surface area (Å²) in [4.78, 5) is 22.9. The lowest BCUT2D eigenvalue weighted by molar-refractivity contribution is -0.147. The van der Waals surface area contributed by atoms with E-state index in [1.165, 1.54) is 18.2 Å². The van der Waals surface area contributed by atoms with Gasteiger partial charge in [-0.15, -0.1) is 0 Å². The van der Waals surface area contributed by atoms with Crippen LogP contribution in [0.15, 0.2) is 0 Å². The molecule has 0 aromatic heterocycles. The van der Waals surface area contributed by atoms with E-state index in [1.807, 2.05) is 0 Å². The standard InChI is InChI=1S/C14H21NO3S/c1-19-12(18)15-14-5-9-2-10(6-14)4-13(3-9,8-14)7-11(16)17/h9-10H,2-8H2,1H3,(H,15,18)(H,16,17)/t9-,10-,13?,14?/m0/s1. The summed E-state index contributed by atoms with van der Waals surface area (Å²) in [5.41, 5.74) is -0.165. The van der Waals surface area contributed by atoms with E-state index >= 15 is 0 Å². The van der Waals surface area contributed by atoms with Crippen molar-refractivity contribution in [2.45, 2.75) is 50.5 Å². The number of aliphatic carboxylic acids is 1. The molecule has 1 amide bonds. The van der Waals surface area contributed by atoms with E-state index in [0.717, 1.165) is 32.1 Å². The second-order valence-electron chi connectivity index (χ2n) is 6.93. The average Bonchev–Trinajstić information content (AvgIpc) is 2.24. The molecule has 0 unspecified atom stereocenters. The van der Waals surface area contributed by atoms with Crippen molar-refractivity contribution >= 4 is 23.0 Å². The molecule has 0 spiro atoms. The highest BCUT2D eigenvalue weighted by Gasteiger charge is 2.58. The molecule has 0 aromatic rings. The van der Waals surface area contributed by atoms with Gasteiger partial charge >= 0.3 is 5.97 Å². The summed E-state index contributed by atoms with van der Waals surface area (Å²) in [5.74, 6) is 0.541. The Kier molecular flexibility index (Phi) is 3.08. The van der Waals surface area contributed by atoms with Crippen LogP contribution in [0.2, 0.25) is 0 Å². The number of carboxylic acid groups (broad SMARTS) is 1. The molecule has 19 heavy (non-hydrogen) atoms. The van der Waals surface area contributed by atoms with Gasteiger partial charge in [-0.2, -0.15) is 0 Å². The van der Waals surface area contributed by atoms with E-state index in [0.29, 0.717) is 11.8 Å². The molecular weight excluding hydrogens is 262 g/mol. The van der Waals surface area contributed by atoms with Crippen LogP contribution < -0.4 is 5.32 Å². The molecule has 4 saturated carbocycles. The van der Waals surface area contributed by atoms with E-state index in [2.05, 4.69) is 5.32 Å². The lowest BCUT2D eigenvalue weighted by Crippen LogP contribution is -2.62. The fourth-order valence-corrected chi connectivity index (χ4v) is 5.71. The molecule has 0 heterocycles. The second-order valence-corrected chi connectivity index (χ2v) is 7.71. The zero-order valence-corrected chi connectivity index (χ0v) is 12.1. The van der Waals surface area contributed by atoms with Crippen molar-refractivity contribution in [2.24, 2.45) is 17.3 Å². The molecule has 4 nitrogen and oxygen atoms in total. The van der Waals surface area contributed by atoms with Gasteiger partial charge in [-0.3, -0.25) is 9.59 Å². The van der Waals surface area contributed by atoms with Crippen LogP contribution >= 0.6 is 11.8 Å². The number of hydrogen-bond donors (Lipinski definition) is 2. The van der Waals surface area contributed by atoms with Crippen LogP contribution in [0.5, 0.6) is 0 Å². The minimum Gasteiger partial charge on any atom is -0.481 e. The third-order valence-electron chi connectivity index (χ3n) is 5.26. The van der Waals surface area contributed by atoms with E-state index < -0.39 is 5.97 Å². The highest BCUT2D eigenvalue weighted by atomic mass is 32.2. The van der Waals surface area contributed by atoms with Crippen LogP contribution in [0.25, 0.3) is 0 Å². The number of carboxylic acids is 1. The van der Waals surface area contributed by atoms with Crippen LogP contribution in [-0.2, 0) is 4.79 Å². The van der Waals surface area contributed by atoms with E-state index in [9.17, 15) is 14.7 Å². The molecule has 0 aliphatic heterocycles. The molecule has 4 aliphatic rings. The second kappa shape index (κ2) is 4.40. The maximum atomic E-state index is 11.8. The zero-order valence-electron chi connectivity index (χ0n) is 11.3. The van der Waals surface area contributed by atoms with Gasteiger partial charge in [-0.25, -0.2) is 0 Å². The SMILES string of the molecule is CSC(=O)NC12C[C@H]3C[C@@H](CC(CC(=O)O)(C3)C1)C2. The van der Waals surface area contributed by atoms with Gasteiger partial charge in [-0.05, 0) is 62.0 Å². The van der Waals surface area contributed by atoms with E-state index in [4.69, 9.17) is 0 Å². The third kappa shape index (κ3) is 2.37. The highest BCUT2D eigenvalue weighted by Crippen LogP contribution is 2.62. The first-order valence-electron chi connectivity index (χ1n) is 7.02. The van der Waals surface area contributed by atoms with Crippen molar-refractivity contribution < 1.29 is 14.7 Å². The normalized spacial score (nSPS) is 43.2. The Labute approximate surface area is 117 Å². The quantitative estimate of drug-likeness (QED) is 0.836. The molecule has 2 atom stereocenters. The summed E-state index contributed by atoms with van der Waals surface area (Å²) < 4.78 is 0. The lowest BCUT2D eigenvalue weighted by atomic mass is 9.46. The van der Waals surface area contributed by atoms with Crippen LogP contribution in [-0.4, -0.2) is 28.1 Å². The third-order valence-corrected chi connectivity index (χ3v) is 5.73. The van der Waals surface area contributed by atoms with Crippen molar-refractivity contribution in [3.8, 4) is 0 Å². The van der Waals surface area contributed by atoms with Crippen molar-refractivity contribution in [3.05, 3.63) is 0 Å². The molecule has 4 fully saturated rings. The molecule has 4 aliphatic carbocycles. The van der Waals surface area contributed by atoms with Gasteiger partial charge in [0.15, 0.2) is 0 Å². The van der Waals surface area contributed by atoms with Gasteiger partial charge in [0, 0.05) is 5.54 Å². The number of rotatable bonds is 3. The topological polar surface area (TPSA) is 66.4 Å². The summed E-state index contributed by atoms with van der Waals surface area (Å²) in [6.45, 7) is 0. The van der Waals surface area contributed by atoms with Crippen LogP contribution in [0, 0.1) is 17.3 Å². The van der Waals surface area contributed by atoms with Crippen LogP contribution in [0.1, 0.15) is 44.9 Å². The minimum atomic E-state index is -0.687. The van der Waals surface area contributed by atoms with Gasteiger partial charge in [0.2, 0.25) is 0 Å². The van der Waals surface area contributed by atoms with Gasteiger partial charge in [0.25, 0.3) is 5.24 Å². The molecular formula is C14H21NO3S. The number of hydrogen-bond acceptors (Lipinski definition) is 3. The smallest absolute Gasteiger partial charge is 0.303 e. The Hall–Kier alpha value is -0.710. The van der Waals surface area contributed by atoms with Crippen LogP contribution in [0.4, 0.5) is 4.79 Å². The minimum absolute atomic E-state index is 0.0347. The predicted octanol–water partition coefficient (Wildman–Crippen LogP) is 2.87. The summed E-state index contributed by atoms with van der Waals surface area (Å²) in [7, 11) is 0. The molecule has 4 bridgehead atoms. The largest absolute Gasteiger partial charge is 0.481 e. The number of carbonyl (C=O) groups excluding carboxylic acids is 1. The molecule has 0 radical (unpaired) electrons. The number of thioether (sulfide) groups is 1. The fourth-order valence-electron chi connectivity index (χ4n) is 5.39. The summed E-state index contributed by atoms with van der Waals surface area (Å²) in [5, 5.41) is 12.4.